The zero-order valence-electron chi connectivity index (χ0n) is 11.6. The van der Waals surface area contributed by atoms with E-state index in [4.69, 9.17) is 0 Å². The number of imidazole rings is 1. The van der Waals surface area contributed by atoms with Crippen LogP contribution >= 0.6 is 0 Å². The fraction of sp³-hybridized carbons (Fsp3) is 0.533. The molecule has 19 heavy (non-hydrogen) atoms. The second-order valence-corrected chi connectivity index (χ2v) is 5.77. The monoisotopic (exact) mass is 259 g/mol. The van der Waals surface area contributed by atoms with Crippen molar-refractivity contribution >= 4 is 5.65 Å². The van der Waals surface area contributed by atoms with Crippen molar-refractivity contribution in [1.29, 1.82) is 0 Å². The molecule has 0 radical (unpaired) electrons. The van der Waals surface area contributed by atoms with E-state index in [-0.39, 0.29) is 0 Å². The van der Waals surface area contributed by atoms with Crippen LogP contribution in [0.4, 0.5) is 0 Å². The summed E-state index contributed by atoms with van der Waals surface area (Å²) in [6.45, 7) is 6.57. The second-order valence-electron chi connectivity index (χ2n) is 5.77. The minimum Gasteiger partial charge on any atom is -0.387 e. The number of pyridine rings is 1. The van der Waals surface area contributed by atoms with Gasteiger partial charge in [-0.25, -0.2) is 4.98 Å². The lowest BCUT2D eigenvalue weighted by molar-refractivity contribution is -0.107. The van der Waals surface area contributed by atoms with Gasteiger partial charge in [-0.3, -0.25) is 4.90 Å². The van der Waals surface area contributed by atoms with Gasteiger partial charge in [-0.1, -0.05) is 19.4 Å². The van der Waals surface area contributed by atoms with Crippen molar-refractivity contribution in [3.05, 3.63) is 35.8 Å². The summed E-state index contributed by atoms with van der Waals surface area (Å²) in [7, 11) is 0. The molecule has 1 saturated heterocycles. The molecule has 0 atom stereocenters. The van der Waals surface area contributed by atoms with Gasteiger partial charge in [0.15, 0.2) is 0 Å². The lowest BCUT2D eigenvalue weighted by Gasteiger charge is -2.46. The molecular formula is C15H21N3O. The number of hydrogen-bond acceptors (Lipinski definition) is 3. The molecule has 0 unspecified atom stereocenters. The molecule has 0 aliphatic carbocycles. The van der Waals surface area contributed by atoms with Gasteiger partial charge >= 0.3 is 0 Å². The number of aryl methyl sites for hydroxylation is 1. The molecule has 0 spiro atoms. The maximum Gasteiger partial charge on any atom is 0.139 e. The van der Waals surface area contributed by atoms with E-state index in [1.807, 2.05) is 12.3 Å². The molecule has 4 nitrogen and oxygen atoms in total. The summed E-state index contributed by atoms with van der Waals surface area (Å²) in [4.78, 5) is 6.92. The highest BCUT2D eigenvalue weighted by Crippen LogP contribution is 2.27. The quantitative estimate of drug-likeness (QED) is 0.913. The zero-order valence-corrected chi connectivity index (χ0v) is 11.6. The molecule has 3 heterocycles. The fourth-order valence-electron chi connectivity index (χ4n) is 3.03. The fourth-order valence-corrected chi connectivity index (χ4v) is 3.03. The lowest BCUT2D eigenvalue weighted by atomic mass is 9.89. The molecule has 0 bridgehead atoms. The zero-order chi connectivity index (χ0) is 13.5. The van der Waals surface area contributed by atoms with Crippen molar-refractivity contribution in [2.75, 3.05) is 13.1 Å². The Bertz CT molecular complexity index is 584. The molecule has 1 N–H and O–H groups in total. The maximum absolute atomic E-state index is 10.2. The highest BCUT2D eigenvalue weighted by molar-refractivity contribution is 5.47. The molecule has 0 saturated carbocycles. The van der Waals surface area contributed by atoms with E-state index in [0.717, 1.165) is 43.8 Å². The van der Waals surface area contributed by atoms with E-state index in [9.17, 15) is 5.11 Å². The van der Waals surface area contributed by atoms with Gasteiger partial charge in [0.05, 0.1) is 11.3 Å². The van der Waals surface area contributed by atoms with Crippen molar-refractivity contribution in [3.63, 3.8) is 0 Å². The van der Waals surface area contributed by atoms with Crippen LogP contribution in [0.15, 0.2) is 24.5 Å². The van der Waals surface area contributed by atoms with Crippen molar-refractivity contribution < 1.29 is 5.11 Å². The van der Waals surface area contributed by atoms with Gasteiger partial charge in [-0.05, 0) is 25.0 Å². The first-order valence-electron chi connectivity index (χ1n) is 6.97. The number of hydrogen-bond donors (Lipinski definition) is 1. The van der Waals surface area contributed by atoms with Crippen molar-refractivity contribution in [2.24, 2.45) is 0 Å². The summed E-state index contributed by atoms with van der Waals surface area (Å²) < 4.78 is 2.07. The Balaban J connectivity index is 1.69. The van der Waals surface area contributed by atoms with E-state index in [0.29, 0.717) is 0 Å². The van der Waals surface area contributed by atoms with Gasteiger partial charge in [-0.15, -0.1) is 0 Å². The van der Waals surface area contributed by atoms with E-state index in [1.54, 1.807) is 0 Å². The molecule has 2 aromatic rings. The SMILES string of the molecule is CCCC1(O)CN(Cc2cn3cccc(C)c3n2)C1. The summed E-state index contributed by atoms with van der Waals surface area (Å²) >= 11 is 0. The Morgan fingerprint density at radius 2 is 2.21 bits per heavy atom. The number of aliphatic hydroxyl groups is 1. The molecule has 1 fully saturated rings. The average molecular weight is 259 g/mol. The van der Waals surface area contributed by atoms with Crippen molar-refractivity contribution in [2.45, 2.75) is 38.8 Å². The summed E-state index contributed by atoms with van der Waals surface area (Å²) in [5, 5.41) is 10.2. The lowest BCUT2D eigenvalue weighted by Crippen LogP contribution is -2.60. The predicted molar refractivity (Wildman–Crippen MR) is 75.1 cm³/mol. The molecule has 0 amide bonds. The number of likely N-dealkylation sites (tertiary alicyclic amines) is 1. The Labute approximate surface area is 113 Å². The highest BCUT2D eigenvalue weighted by atomic mass is 16.3. The van der Waals surface area contributed by atoms with Crippen LogP contribution in [0.5, 0.6) is 0 Å². The first kappa shape index (κ1) is 12.6. The van der Waals surface area contributed by atoms with Crippen molar-refractivity contribution in [3.8, 4) is 0 Å². The third-order valence-corrected chi connectivity index (χ3v) is 3.86. The van der Waals surface area contributed by atoms with Crippen LogP contribution in [0.2, 0.25) is 0 Å². The van der Waals surface area contributed by atoms with Gasteiger partial charge in [0, 0.05) is 32.0 Å². The van der Waals surface area contributed by atoms with Crippen LogP contribution < -0.4 is 0 Å². The van der Waals surface area contributed by atoms with Crippen LogP contribution in [-0.4, -0.2) is 38.1 Å². The second kappa shape index (κ2) is 4.62. The van der Waals surface area contributed by atoms with Gasteiger partial charge in [0.1, 0.15) is 5.65 Å². The molecule has 2 aromatic heterocycles. The maximum atomic E-state index is 10.2. The van der Waals surface area contributed by atoms with Crippen LogP contribution in [0.3, 0.4) is 0 Å². The summed E-state index contributed by atoms with van der Waals surface area (Å²) in [6.07, 6.45) is 6.05. The molecule has 4 heteroatoms. The third kappa shape index (κ3) is 2.38. The van der Waals surface area contributed by atoms with E-state index in [2.05, 4.69) is 40.4 Å². The normalized spacial score (nSPS) is 18.7. The molecule has 0 aromatic carbocycles. The van der Waals surface area contributed by atoms with E-state index in [1.165, 1.54) is 5.56 Å². The van der Waals surface area contributed by atoms with Crippen LogP contribution in [0.1, 0.15) is 31.0 Å². The standard InChI is InChI=1S/C15H21N3O/c1-3-6-15(19)10-17(11-15)8-13-9-18-7-4-5-12(2)14(18)16-13/h4-5,7,9,19H,3,6,8,10-11H2,1-2H3. The number of fused-ring (bicyclic) bond motifs is 1. The Hall–Kier alpha value is -1.39. The van der Waals surface area contributed by atoms with E-state index < -0.39 is 5.60 Å². The largest absolute Gasteiger partial charge is 0.387 e. The average Bonchev–Trinajstić information content (AvgIpc) is 2.71. The predicted octanol–water partition coefficient (Wildman–Crippen LogP) is 1.99. The highest BCUT2D eigenvalue weighted by Gasteiger charge is 2.40. The first-order valence-corrected chi connectivity index (χ1v) is 6.97. The van der Waals surface area contributed by atoms with Gasteiger partial charge in [0.2, 0.25) is 0 Å². The minimum atomic E-state index is -0.455. The van der Waals surface area contributed by atoms with Gasteiger partial charge < -0.3 is 9.51 Å². The molecule has 1 aliphatic rings. The van der Waals surface area contributed by atoms with E-state index >= 15 is 0 Å². The van der Waals surface area contributed by atoms with Crippen LogP contribution in [-0.2, 0) is 6.54 Å². The third-order valence-electron chi connectivity index (χ3n) is 3.86. The van der Waals surface area contributed by atoms with Crippen LogP contribution in [0.25, 0.3) is 5.65 Å². The Morgan fingerprint density at radius 3 is 2.89 bits per heavy atom. The number of aromatic nitrogens is 2. The van der Waals surface area contributed by atoms with Crippen molar-refractivity contribution in [1.82, 2.24) is 14.3 Å². The molecule has 102 valence electrons. The summed E-state index contributed by atoms with van der Waals surface area (Å²) in [5.41, 5.74) is 2.85. The number of nitrogens with zero attached hydrogens (tertiary/aromatic N) is 3. The summed E-state index contributed by atoms with van der Waals surface area (Å²) in [6, 6.07) is 4.12. The smallest absolute Gasteiger partial charge is 0.139 e. The summed E-state index contributed by atoms with van der Waals surface area (Å²) in [5.74, 6) is 0. The topological polar surface area (TPSA) is 40.8 Å². The first-order chi connectivity index (χ1) is 9.09. The number of rotatable bonds is 4. The Kier molecular flexibility index (Phi) is 3.07. The van der Waals surface area contributed by atoms with Gasteiger partial charge in [0.25, 0.3) is 0 Å². The number of β-amino-alcohol motifs (C(OH)–C–C–N with tert-alkyl or cyclic N) is 1. The van der Waals surface area contributed by atoms with Crippen LogP contribution in [0, 0.1) is 6.92 Å². The molecular weight excluding hydrogens is 238 g/mol. The minimum absolute atomic E-state index is 0.455. The molecule has 1 aliphatic heterocycles. The van der Waals surface area contributed by atoms with Gasteiger partial charge in [-0.2, -0.15) is 0 Å². The molecule has 3 rings (SSSR count). The Morgan fingerprint density at radius 1 is 1.42 bits per heavy atom.